The number of nitrogens with two attached hydrogens (primary N) is 1. The van der Waals surface area contributed by atoms with Gasteiger partial charge in [-0.2, -0.15) is 78.2 Å². The molecule has 18 nitrogen and oxygen atoms in total. The van der Waals surface area contributed by atoms with Crippen LogP contribution < -0.4 is 21.7 Å². The molecule has 0 unspecified atom stereocenters. The fourth-order valence-corrected chi connectivity index (χ4v) is 10.2. The van der Waals surface area contributed by atoms with Crippen LogP contribution in [0.2, 0.25) is 0 Å². The van der Waals surface area contributed by atoms with Crippen LogP contribution in [-0.4, -0.2) is 111 Å². The zero-order valence-corrected chi connectivity index (χ0v) is 70.3. The number of aromatic nitrogens is 12. The Morgan fingerprint density at radius 3 is 1.06 bits per heavy atom. The standard InChI is InChI=1S/C9H9F3N4S.C8H7F3N4S.5C8H10.C7H7F3N2O.C4H5F3O.C4H5IN2.C3H3IN2.C2H6N2S/c1-13-8-15-6(5-3-14-16(2)4-5)7(17-8)9(10,11)12;1-12-7-15-5(4-2-13-14-3-4)6(16-7)8(9,10)11;5*1-2-8-6-4-3-5-7-8;1-12-4-5(3-11-12)6(13)2-7(8,9)10;1-8-3-2-4(5,6)7;1-7-3-4(5)2-6-7;4-3-1-5-6-2-3;1-4-2(3)5/h3-4H,1-2H3,(H,13,15);2-3H,1H3,(H,12,15)(H,13,14);5*3-7H,2H2,1H3;3-4H,2H2,1H3;2-3H,1H3;2-3H,1H3;1-2H,(H,5,6);1H3,(H3,3,4,5)/b;;;;;;;;3-2-;;;. The zero-order chi connectivity index (χ0) is 84.1. The fourth-order valence-electron chi connectivity index (χ4n) is 7.74. The molecule has 0 fully saturated rings. The molecule has 0 aliphatic rings. The Labute approximate surface area is 685 Å². The average molecular weight is 1850 g/mol. The highest BCUT2D eigenvalue weighted by Gasteiger charge is 2.39. The smallest absolute Gasteiger partial charge is 0.427 e. The van der Waals surface area contributed by atoms with Gasteiger partial charge in [0.15, 0.2) is 21.2 Å². The third kappa shape index (κ3) is 47.0. The number of aromatic amines is 2. The minimum Gasteiger partial charge on any atom is -0.504 e. The van der Waals surface area contributed by atoms with Crippen molar-refractivity contribution in [1.29, 1.82) is 0 Å². The molecule has 35 heteroatoms. The number of Topliss-reactive ketones (excluding diaryl/α,β-unsaturated/α-hetero) is 1. The van der Waals surface area contributed by atoms with Gasteiger partial charge in [0.25, 0.3) is 0 Å². The molecule has 608 valence electrons. The van der Waals surface area contributed by atoms with Crippen LogP contribution in [0.15, 0.2) is 226 Å². The molecule has 12 rings (SSSR count). The maximum absolute atomic E-state index is 12.8. The minimum absolute atomic E-state index is 0.0141. The zero-order valence-electron chi connectivity index (χ0n) is 63.5. The summed E-state index contributed by atoms with van der Waals surface area (Å²) in [5.41, 5.74) is 12.4. The van der Waals surface area contributed by atoms with E-state index in [-0.39, 0.29) is 33.3 Å². The number of carbonyl (C=O) groups is 1. The number of anilines is 2. The molecule has 0 aliphatic carbocycles. The Hall–Kier alpha value is -9.47. The van der Waals surface area contributed by atoms with E-state index in [0.717, 1.165) is 49.0 Å². The van der Waals surface area contributed by atoms with Gasteiger partial charge in [0, 0.05) is 84.4 Å². The van der Waals surface area contributed by atoms with Gasteiger partial charge in [0.2, 0.25) is 0 Å². The monoisotopic (exact) mass is 1850 g/mol. The average Bonchev–Trinajstić information content (AvgIpc) is 1.66. The summed E-state index contributed by atoms with van der Waals surface area (Å²) >= 11 is 9.92. The van der Waals surface area contributed by atoms with Crippen LogP contribution in [0.1, 0.15) is 89.0 Å². The van der Waals surface area contributed by atoms with Crippen molar-refractivity contribution >= 4 is 101 Å². The van der Waals surface area contributed by atoms with E-state index >= 15 is 0 Å². The van der Waals surface area contributed by atoms with Gasteiger partial charge in [-0.15, -0.1) is 0 Å². The number of benzene rings is 5. The summed E-state index contributed by atoms with van der Waals surface area (Å²) in [5, 5.41) is 32.3. The van der Waals surface area contributed by atoms with Crippen LogP contribution in [0.3, 0.4) is 0 Å². The molecule has 0 spiro atoms. The number of nitrogens with zero attached hydrogens (tertiary/aromatic N) is 10. The van der Waals surface area contributed by atoms with Gasteiger partial charge in [0.1, 0.15) is 16.2 Å². The number of hydrogen-bond acceptors (Lipinski definition) is 14. The van der Waals surface area contributed by atoms with Crippen LogP contribution in [0.5, 0.6) is 0 Å². The van der Waals surface area contributed by atoms with Crippen molar-refractivity contribution in [2.45, 2.75) is 97.8 Å². The number of hydrogen-bond donors (Lipinski definition) is 6. The van der Waals surface area contributed by atoms with Gasteiger partial charge in [-0.05, 0) is 117 Å². The van der Waals surface area contributed by atoms with E-state index in [2.05, 4.69) is 280 Å². The van der Waals surface area contributed by atoms with Crippen molar-refractivity contribution in [1.82, 2.24) is 65.0 Å². The molecular weight excluding hydrogens is 1760 g/mol. The Balaban J connectivity index is 0.000000622. The molecule has 7 N–H and O–H groups in total. The predicted octanol–water partition coefficient (Wildman–Crippen LogP) is 21.2. The quantitative estimate of drug-likeness (QED) is 0.0220. The summed E-state index contributed by atoms with van der Waals surface area (Å²) in [6.45, 7) is 10.8. The summed E-state index contributed by atoms with van der Waals surface area (Å²) in [7, 11) is 11.0. The van der Waals surface area contributed by atoms with Crippen LogP contribution in [-0.2, 0) is 70.3 Å². The number of allylic oxidation sites excluding steroid dienone is 1. The van der Waals surface area contributed by atoms with Crippen LogP contribution in [0, 0.1) is 7.14 Å². The van der Waals surface area contributed by atoms with E-state index < -0.39 is 46.7 Å². The Kier molecular flexibility index (Phi) is 50.1. The summed E-state index contributed by atoms with van der Waals surface area (Å²) < 4.78 is 156. The van der Waals surface area contributed by atoms with Crippen molar-refractivity contribution in [3.63, 3.8) is 0 Å². The minimum atomic E-state index is -4.45. The van der Waals surface area contributed by atoms with E-state index in [1.165, 1.54) is 92.9 Å². The highest BCUT2D eigenvalue weighted by Crippen LogP contribution is 2.43. The van der Waals surface area contributed by atoms with E-state index in [4.69, 9.17) is 5.73 Å². The molecule has 12 aromatic rings. The molecule has 0 bridgehead atoms. The number of thiocarbonyl (C=S) groups is 1. The number of alkyl halides is 12. The Morgan fingerprint density at radius 1 is 0.509 bits per heavy atom. The molecule has 0 saturated carbocycles. The van der Waals surface area contributed by atoms with E-state index in [9.17, 15) is 57.5 Å². The first-order valence-electron chi connectivity index (χ1n) is 33.8. The second-order valence-electron chi connectivity index (χ2n) is 22.0. The maximum Gasteiger partial charge on any atom is 0.427 e. The van der Waals surface area contributed by atoms with Crippen LogP contribution in [0.4, 0.5) is 62.9 Å². The van der Waals surface area contributed by atoms with Crippen molar-refractivity contribution in [2.75, 3.05) is 38.9 Å². The molecule has 0 amide bonds. The van der Waals surface area contributed by atoms with Gasteiger partial charge in [-0.1, -0.05) is 209 Å². The molecule has 7 heterocycles. The molecule has 0 radical (unpaired) electrons. The topological polar surface area (TPSA) is 225 Å². The highest BCUT2D eigenvalue weighted by atomic mass is 127. The first-order chi connectivity index (χ1) is 53.0. The summed E-state index contributed by atoms with van der Waals surface area (Å²) in [5.74, 6) is -0.958. The van der Waals surface area contributed by atoms with Crippen molar-refractivity contribution in [3.05, 3.63) is 276 Å². The van der Waals surface area contributed by atoms with Gasteiger partial charge < -0.3 is 26.4 Å². The molecule has 112 heavy (non-hydrogen) atoms. The number of methoxy groups -OCH3 is 1. The number of rotatable bonds is 12. The third-order valence-corrected chi connectivity index (χ3v) is 17.0. The molecule has 0 aliphatic heterocycles. The molecule has 0 saturated heterocycles. The lowest BCUT2D eigenvalue weighted by Crippen LogP contribution is -2.24. The normalized spacial score (nSPS) is 10.3. The van der Waals surface area contributed by atoms with E-state index in [1.807, 2.05) is 56.0 Å². The van der Waals surface area contributed by atoms with Gasteiger partial charge >= 0.3 is 24.7 Å². The second-order valence-corrected chi connectivity index (χ2v) is 27.0. The van der Waals surface area contributed by atoms with E-state index in [0.29, 0.717) is 45.2 Å². The predicted molar refractivity (Wildman–Crippen MR) is 446 cm³/mol. The molecule has 5 aromatic carbocycles. The first kappa shape index (κ1) is 101. The Morgan fingerprint density at radius 2 is 0.857 bits per heavy atom. The SMILES string of the molecule is CCc1ccccc1.CCc1ccccc1.CCc1ccccc1.CCc1ccccc1.CCc1ccccc1.CNC(N)=S.CNc1nc(-c2cn[nH]c2)c(C(F)(F)F)s1.CNc1nc(-c2cnn(C)c2)c(C(F)(F)F)s1.CO/C=C\C(F)(F)F.Cn1cc(C(=O)CC(F)(F)F)cn1.Cn1cc(I)cn1.Ic1cn[nH]c1. The lowest BCUT2D eigenvalue weighted by molar-refractivity contribution is -0.134. The van der Waals surface area contributed by atoms with Gasteiger partial charge in [-0.3, -0.25) is 29.0 Å². The number of nitrogens with one attached hydrogen (secondary N) is 5. The first-order valence-corrected chi connectivity index (χ1v) is 38.0. The second kappa shape index (κ2) is 55.9. The number of H-pyrrole nitrogens is 2. The number of thiazole rings is 2. The number of halogens is 14. The lowest BCUT2D eigenvalue weighted by Gasteiger charge is -2.03. The summed E-state index contributed by atoms with van der Waals surface area (Å²) in [6, 6.07) is 52.3. The molecular formula is C77H92F12I2N16O2S3. The molecule has 7 aromatic heterocycles. The molecule has 0 atom stereocenters. The number of aryl methyl sites for hydroxylation is 8. The van der Waals surface area contributed by atoms with Crippen molar-refractivity contribution in [2.24, 2.45) is 26.9 Å². The number of ketones is 1. The number of ether oxygens (including phenoxy) is 1. The fraction of sp³-hybridized carbons (Fsp3) is 0.286. The van der Waals surface area contributed by atoms with Crippen LogP contribution in [0.25, 0.3) is 22.5 Å². The summed E-state index contributed by atoms with van der Waals surface area (Å²) in [6.07, 6.45) is 2.67. The number of carbonyl (C=O) groups excluding carboxylic acids is 1. The third-order valence-electron chi connectivity index (χ3n) is 13.4. The lowest BCUT2D eigenvalue weighted by atomic mass is 10.2. The maximum atomic E-state index is 12.8. The van der Waals surface area contributed by atoms with Crippen molar-refractivity contribution in [3.8, 4) is 22.5 Å². The summed E-state index contributed by atoms with van der Waals surface area (Å²) in [4.78, 5) is 17.2. The largest absolute Gasteiger partial charge is 0.504 e. The van der Waals surface area contributed by atoms with Crippen LogP contribution >= 0.6 is 80.1 Å². The highest BCUT2D eigenvalue weighted by molar-refractivity contribution is 14.1. The van der Waals surface area contributed by atoms with Crippen molar-refractivity contribution < 1.29 is 62.2 Å². The van der Waals surface area contributed by atoms with Gasteiger partial charge in [-0.25, -0.2) is 9.97 Å². The Bertz CT molecular complexity index is 4130. The van der Waals surface area contributed by atoms with E-state index in [1.54, 1.807) is 25.0 Å². The van der Waals surface area contributed by atoms with Gasteiger partial charge in [0.05, 0.1) is 74.5 Å².